The van der Waals surface area contributed by atoms with Gasteiger partial charge in [-0.3, -0.25) is 4.79 Å². The molecule has 0 bridgehead atoms. The van der Waals surface area contributed by atoms with E-state index in [9.17, 15) is 23.1 Å². The molecule has 122 valence electrons. The second kappa shape index (κ2) is 7.13. The summed E-state index contributed by atoms with van der Waals surface area (Å²) in [6.07, 6.45) is 3.23. The topological polar surface area (TPSA) is 63.3 Å². The normalized spacial score (nSPS) is 23.3. The number of aliphatic carboxylic acids is 1. The Labute approximate surface area is 127 Å². The van der Waals surface area contributed by atoms with E-state index < -0.39 is 29.3 Å². The van der Waals surface area contributed by atoms with Gasteiger partial charge >= 0.3 is 5.97 Å². The Morgan fingerprint density at radius 2 is 1.73 bits per heavy atom. The molecule has 0 aliphatic heterocycles. The molecule has 1 unspecified atom stereocenters. The van der Waals surface area contributed by atoms with Crippen molar-refractivity contribution < 1.29 is 23.1 Å². The molecule has 0 saturated heterocycles. The van der Waals surface area contributed by atoms with Gasteiger partial charge in [0, 0.05) is 0 Å². The minimum atomic E-state index is -1.53. The van der Waals surface area contributed by atoms with Crippen LogP contribution in [-0.2, 0) is 11.2 Å². The molecule has 0 heterocycles. The summed E-state index contributed by atoms with van der Waals surface area (Å²) >= 11 is 0. The summed E-state index contributed by atoms with van der Waals surface area (Å²) in [4.78, 5) is 11.5. The van der Waals surface area contributed by atoms with Crippen LogP contribution in [0.25, 0.3) is 0 Å². The van der Waals surface area contributed by atoms with Gasteiger partial charge in [0.15, 0.2) is 17.5 Å². The van der Waals surface area contributed by atoms with Gasteiger partial charge in [-0.15, -0.1) is 0 Å². The minimum Gasteiger partial charge on any atom is -0.481 e. The number of halogens is 3. The molecule has 22 heavy (non-hydrogen) atoms. The third kappa shape index (κ3) is 3.80. The summed E-state index contributed by atoms with van der Waals surface area (Å²) in [5.74, 6) is -5.43. The standard InChI is InChI=1S/C16H20F3NO2/c17-13-6-10(7-14(18)15(13)19)5-12(16(21)22)11-3-1-9(8-20)2-4-11/h6-7,9,11-12H,1-5,8,20H2,(H,21,22). The lowest BCUT2D eigenvalue weighted by molar-refractivity contribution is -0.144. The second-order valence-electron chi connectivity index (χ2n) is 6.04. The first-order valence-corrected chi connectivity index (χ1v) is 7.48. The zero-order valence-electron chi connectivity index (χ0n) is 12.2. The molecule has 1 saturated carbocycles. The Kier molecular flexibility index (Phi) is 5.45. The van der Waals surface area contributed by atoms with E-state index >= 15 is 0 Å². The summed E-state index contributed by atoms with van der Waals surface area (Å²) < 4.78 is 39.5. The highest BCUT2D eigenvalue weighted by molar-refractivity contribution is 5.70. The zero-order chi connectivity index (χ0) is 16.3. The maximum atomic E-state index is 13.3. The first kappa shape index (κ1) is 16.8. The lowest BCUT2D eigenvalue weighted by Gasteiger charge is -2.31. The molecule has 1 aliphatic carbocycles. The van der Waals surface area contributed by atoms with Gasteiger partial charge in [0.1, 0.15) is 0 Å². The summed E-state index contributed by atoms with van der Waals surface area (Å²) in [6, 6.07) is 1.75. The number of rotatable bonds is 5. The average molecular weight is 315 g/mol. The molecule has 0 amide bonds. The summed E-state index contributed by atoms with van der Waals surface area (Å²) in [7, 11) is 0. The van der Waals surface area contributed by atoms with Gasteiger partial charge in [0.2, 0.25) is 0 Å². The van der Waals surface area contributed by atoms with Crippen molar-refractivity contribution in [3.05, 3.63) is 35.1 Å². The molecule has 1 atom stereocenters. The molecular weight excluding hydrogens is 295 g/mol. The Bertz CT molecular complexity index is 519. The highest BCUT2D eigenvalue weighted by atomic mass is 19.2. The highest BCUT2D eigenvalue weighted by Gasteiger charge is 2.32. The molecule has 2 rings (SSSR count). The number of hydrogen-bond acceptors (Lipinski definition) is 2. The fourth-order valence-corrected chi connectivity index (χ4v) is 3.26. The van der Waals surface area contributed by atoms with E-state index in [0.29, 0.717) is 12.5 Å². The molecule has 0 aromatic heterocycles. The van der Waals surface area contributed by atoms with Crippen LogP contribution >= 0.6 is 0 Å². The highest BCUT2D eigenvalue weighted by Crippen LogP contribution is 2.35. The fourth-order valence-electron chi connectivity index (χ4n) is 3.26. The molecule has 3 N–H and O–H groups in total. The van der Waals surface area contributed by atoms with Gasteiger partial charge in [-0.2, -0.15) is 0 Å². The Morgan fingerprint density at radius 1 is 1.18 bits per heavy atom. The van der Waals surface area contributed by atoms with E-state index in [1.165, 1.54) is 0 Å². The monoisotopic (exact) mass is 315 g/mol. The van der Waals surface area contributed by atoms with Crippen LogP contribution in [0.15, 0.2) is 12.1 Å². The maximum absolute atomic E-state index is 13.3. The fraction of sp³-hybridized carbons (Fsp3) is 0.562. The predicted octanol–water partition coefficient (Wildman–Crippen LogP) is 3.11. The minimum absolute atomic E-state index is 0.00140. The lowest BCUT2D eigenvalue weighted by Crippen LogP contribution is -2.31. The Balaban J connectivity index is 2.11. The number of benzene rings is 1. The molecule has 1 aromatic rings. The van der Waals surface area contributed by atoms with E-state index in [4.69, 9.17) is 5.73 Å². The number of carboxylic acid groups (broad SMARTS) is 1. The second-order valence-corrected chi connectivity index (χ2v) is 6.04. The van der Waals surface area contributed by atoms with Crippen LogP contribution in [-0.4, -0.2) is 17.6 Å². The average Bonchev–Trinajstić information content (AvgIpc) is 2.50. The predicted molar refractivity (Wildman–Crippen MR) is 75.6 cm³/mol. The van der Waals surface area contributed by atoms with Crippen molar-refractivity contribution in [3.8, 4) is 0 Å². The lowest BCUT2D eigenvalue weighted by atomic mass is 9.74. The van der Waals surface area contributed by atoms with Crippen LogP contribution < -0.4 is 5.73 Å². The van der Waals surface area contributed by atoms with Gasteiger partial charge in [-0.1, -0.05) is 0 Å². The van der Waals surface area contributed by atoms with Crippen LogP contribution in [0, 0.1) is 35.2 Å². The van der Waals surface area contributed by atoms with Crippen molar-refractivity contribution in [3.63, 3.8) is 0 Å². The quantitative estimate of drug-likeness (QED) is 0.821. The number of nitrogens with two attached hydrogens (primary N) is 1. The molecule has 6 heteroatoms. The third-order valence-corrected chi connectivity index (χ3v) is 4.61. The zero-order valence-corrected chi connectivity index (χ0v) is 12.2. The Hall–Kier alpha value is -1.56. The smallest absolute Gasteiger partial charge is 0.307 e. The van der Waals surface area contributed by atoms with Crippen molar-refractivity contribution in [1.82, 2.24) is 0 Å². The van der Waals surface area contributed by atoms with Gasteiger partial charge in [0.25, 0.3) is 0 Å². The van der Waals surface area contributed by atoms with Crippen LogP contribution in [0.5, 0.6) is 0 Å². The van der Waals surface area contributed by atoms with E-state index in [-0.39, 0.29) is 17.9 Å². The maximum Gasteiger partial charge on any atom is 0.307 e. The third-order valence-electron chi connectivity index (χ3n) is 4.61. The largest absolute Gasteiger partial charge is 0.481 e. The molecule has 3 nitrogen and oxygen atoms in total. The van der Waals surface area contributed by atoms with Crippen LogP contribution in [0.1, 0.15) is 31.2 Å². The summed E-state index contributed by atoms with van der Waals surface area (Å²) in [5, 5.41) is 9.42. The molecule has 1 aliphatic rings. The van der Waals surface area contributed by atoms with Gasteiger partial charge in [-0.05, 0) is 68.2 Å². The molecule has 0 spiro atoms. The summed E-state index contributed by atoms with van der Waals surface area (Å²) in [6.45, 7) is 0.596. The van der Waals surface area contributed by atoms with Crippen LogP contribution in [0.2, 0.25) is 0 Å². The van der Waals surface area contributed by atoms with Crippen molar-refractivity contribution in [2.24, 2.45) is 23.5 Å². The molecular formula is C16H20F3NO2. The van der Waals surface area contributed by atoms with E-state index in [2.05, 4.69) is 0 Å². The first-order chi connectivity index (χ1) is 10.4. The number of hydrogen-bond donors (Lipinski definition) is 2. The van der Waals surface area contributed by atoms with E-state index in [1.807, 2.05) is 0 Å². The number of carbonyl (C=O) groups is 1. The molecule has 1 fully saturated rings. The summed E-state index contributed by atoms with van der Waals surface area (Å²) in [5.41, 5.74) is 5.79. The SMILES string of the molecule is NCC1CCC(C(Cc2cc(F)c(F)c(F)c2)C(=O)O)CC1. The van der Waals surface area contributed by atoms with Gasteiger partial charge in [-0.25, -0.2) is 13.2 Å². The van der Waals surface area contributed by atoms with Crippen molar-refractivity contribution in [2.45, 2.75) is 32.1 Å². The van der Waals surface area contributed by atoms with Gasteiger partial charge in [0.05, 0.1) is 5.92 Å². The first-order valence-electron chi connectivity index (χ1n) is 7.48. The molecule has 1 aromatic carbocycles. The van der Waals surface area contributed by atoms with E-state index in [0.717, 1.165) is 37.8 Å². The van der Waals surface area contributed by atoms with Gasteiger partial charge < -0.3 is 10.8 Å². The Morgan fingerprint density at radius 3 is 2.18 bits per heavy atom. The van der Waals surface area contributed by atoms with Crippen molar-refractivity contribution in [1.29, 1.82) is 0 Å². The van der Waals surface area contributed by atoms with Crippen molar-refractivity contribution >= 4 is 5.97 Å². The van der Waals surface area contributed by atoms with Crippen LogP contribution in [0.4, 0.5) is 13.2 Å². The van der Waals surface area contributed by atoms with E-state index in [1.54, 1.807) is 0 Å². The van der Waals surface area contributed by atoms with Crippen LogP contribution in [0.3, 0.4) is 0 Å². The van der Waals surface area contributed by atoms with Crippen molar-refractivity contribution in [2.75, 3.05) is 6.54 Å². The number of carboxylic acids is 1. The molecule has 0 radical (unpaired) electrons.